The quantitative estimate of drug-likeness (QED) is 0.689. The zero-order valence-electron chi connectivity index (χ0n) is 9.64. The van der Waals surface area contributed by atoms with Crippen molar-refractivity contribution in [2.45, 2.75) is 19.4 Å². The van der Waals surface area contributed by atoms with Gasteiger partial charge in [-0.05, 0) is 14.1 Å². The van der Waals surface area contributed by atoms with Crippen LogP contribution in [0.4, 0.5) is 0 Å². The molecule has 0 fully saturated rings. The SMILES string of the molecule is CCC[Si](OC)(OC)OC.CNC. The van der Waals surface area contributed by atoms with E-state index in [2.05, 4.69) is 12.2 Å². The molecule has 0 spiro atoms. The summed E-state index contributed by atoms with van der Waals surface area (Å²) in [5.74, 6) is 0. The van der Waals surface area contributed by atoms with Crippen LogP contribution in [-0.2, 0) is 13.3 Å². The largest absolute Gasteiger partial charge is 0.500 e. The van der Waals surface area contributed by atoms with E-state index in [-0.39, 0.29) is 0 Å². The van der Waals surface area contributed by atoms with E-state index in [1.54, 1.807) is 21.3 Å². The predicted molar refractivity (Wildman–Crippen MR) is 56.9 cm³/mol. The van der Waals surface area contributed by atoms with Crippen molar-refractivity contribution in [1.29, 1.82) is 0 Å². The lowest BCUT2D eigenvalue weighted by atomic mass is 10.6. The van der Waals surface area contributed by atoms with Crippen molar-refractivity contribution in [2.24, 2.45) is 0 Å². The molecule has 0 unspecified atom stereocenters. The molecule has 1 N–H and O–H groups in total. The molecule has 0 heterocycles. The average Bonchev–Trinajstić information content (AvgIpc) is 2.16. The zero-order valence-corrected chi connectivity index (χ0v) is 10.6. The molecule has 0 aliphatic rings. The van der Waals surface area contributed by atoms with Gasteiger partial charge in [0.2, 0.25) is 0 Å². The molecule has 0 saturated heterocycles. The molecule has 0 aliphatic heterocycles. The fraction of sp³-hybridized carbons (Fsp3) is 1.00. The molecule has 0 aromatic rings. The highest BCUT2D eigenvalue weighted by atomic mass is 28.4. The van der Waals surface area contributed by atoms with Crippen LogP contribution in [0.25, 0.3) is 0 Å². The van der Waals surface area contributed by atoms with Crippen molar-refractivity contribution >= 4 is 8.80 Å². The summed E-state index contributed by atoms with van der Waals surface area (Å²) in [6, 6.07) is 0.885. The lowest BCUT2D eigenvalue weighted by molar-refractivity contribution is 0.123. The topological polar surface area (TPSA) is 39.7 Å². The fourth-order valence-corrected chi connectivity index (χ4v) is 2.59. The van der Waals surface area contributed by atoms with Gasteiger partial charge in [-0.15, -0.1) is 0 Å². The standard InChI is InChI=1S/C6H16O3Si.C2H7N/c1-5-6-10(7-2,8-3)9-4;1-3-2/h5-6H2,1-4H3;3H,1-2H3. The summed E-state index contributed by atoms with van der Waals surface area (Å²) < 4.78 is 15.5. The molecule has 0 aromatic carbocycles. The van der Waals surface area contributed by atoms with Crippen LogP contribution in [0.1, 0.15) is 13.3 Å². The first-order chi connectivity index (χ1) is 6.16. The van der Waals surface area contributed by atoms with Gasteiger partial charge in [0.1, 0.15) is 0 Å². The van der Waals surface area contributed by atoms with Crippen molar-refractivity contribution in [2.75, 3.05) is 35.4 Å². The minimum Gasteiger partial charge on any atom is -0.377 e. The smallest absolute Gasteiger partial charge is 0.377 e. The third kappa shape index (κ3) is 7.15. The summed E-state index contributed by atoms with van der Waals surface area (Å²) in [6.07, 6.45) is 1.03. The normalized spacial score (nSPS) is 10.6. The molecular formula is C8H23NO3Si. The zero-order chi connectivity index (χ0) is 10.7. The summed E-state index contributed by atoms with van der Waals surface area (Å²) in [6.45, 7) is 2.08. The van der Waals surface area contributed by atoms with Crippen LogP contribution in [0.3, 0.4) is 0 Å². The molecule has 0 aromatic heterocycles. The Morgan fingerprint density at radius 2 is 1.31 bits per heavy atom. The van der Waals surface area contributed by atoms with E-state index >= 15 is 0 Å². The highest BCUT2D eigenvalue weighted by molar-refractivity contribution is 6.60. The van der Waals surface area contributed by atoms with Crippen LogP contribution in [-0.4, -0.2) is 44.2 Å². The van der Waals surface area contributed by atoms with E-state index in [1.807, 2.05) is 14.1 Å². The molecule has 0 aliphatic carbocycles. The summed E-state index contributed by atoms with van der Waals surface area (Å²) in [5.41, 5.74) is 0. The summed E-state index contributed by atoms with van der Waals surface area (Å²) >= 11 is 0. The number of hydrogen-bond acceptors (Lipinski definition) is 4. The molecule has 0 rings (SSSR count). The molecular weight excluding hydrogens is 186 g/mol. The lowest BCUT2D eigenvalue weighted by Crippen LogP contribution is -2.42. The Labute approximate surface area is 82.9 Å². The van der Waals surface area contributed by atoms with E-state index in [1.165, 1.54) is 0 Å². The molecule has 82 valence electrons. The summed E-state index contributed by atoms with van der Waals surface area (Å²) in [4.78, 5) is 0. The molecule has 0 atom stereocenters. The fourth-order valence-electron chi connectivity index (χ4n) is 0.862. The van der Waals surface area contributed by atoms with Gasteiger partial charge in [-0.25, -0.2) is 0 Å². The van der Waals surface area contributed by atoms with Gasteiger partial charge < -0.3 is 18.6 Å². The average molecular weight is 209 g/mol. The Morgan fingerprint density at radius 1 is 1.00 bits per heavy atom. The van der Waals surface area contributed by atoms with E-state index < -0.39 is 8.80 Å². The second-order valence-corrected chi connectivity index (χ2v) is 5.64. The Hall–Kier alpha value is 0.0569. The van der Waals surface area contributed by atoms with Gasteiger partial charge in [-0.2, -0.15) is 0 Å². The van der Waals surface area contributed by atoms with Crippen molar-refractivity contribution in [1.82, 2.24) is 5.32 Å². The van der Waals surface area contributed by atoms with Gasteiger partial charge in [0, 0.05) is 27.4 Å². The highest BCUT2D eigenvalue weighted by Crippen LogP contribution is 2.13. The number of rotatable bonds is 5. The van der Waals surface area contributed by atoms with Gasteiger partial charge in [-0.3, -0.25) is 0 Å². The van der Waals surface area contributed by atoms with Crippen molar-refractivity contribution in [3.63, 3.8) is 0 Å². The summed E-state index contributed by atoms with van der Waals surface area (Å²) in [7, 11) is 6.43. The minimum atomic E-state index is -2.22. The second kappa shape index (κ2) is 10.1. The first-order valence-electron chi connectivity index (χ1n) is 4.40. The molecule has 0 amide bonds. The number of nitrogens with one attached hydrogen (secondary N) is 1. The Balaban J connectivity index is 0. The van der Waals surface area contributed by atoms with E-state index in [0.717, 1.165) is 12.5 Å². The van der Waals surface area contributed by atoms with Crippen LogP contribution in [0, 0.1) is 0 Å². The molecule has 4 nitrogen and oxygen atoms in total. The van der Waals surface area contributed by atoms with Gasteiger partial charge >= 0.3 is 8.80 Å². The van der Waals surface area contributed by atoms with Gasteiger partial charge in [0.15, 0.2) is 0 Å². The van der Waals surface area contributed by atoms with Gasteiger partial charge in [0.25, 0.3) is 0 Å². The van der Waals surface area contributed by atoms with Crippen LogP contribution in [0.2, 0.25) is 6.04 Å². The maximum absolute atomic E-state index is 5.17. The van der Waals surface area contributed by atoms with Crippen LogP contribution in [0.5, 0.6) is 0 Å². The van der Waals surface area contributed by atoms with Crippen LogP contribution >= 0.6 is 0 Å². The van der Waals surface area contributed by atoms with Crippen LogP contribution < -0.4 is 5.32 Å². The molecule has 0 saturated carbocycles. The maximum Gasteiger partial charge on any atom is 0.500 e. The molecule has 0 radical (unpaired) electrons. The molecule has 0 bridgehead atoms. The van der Waals surface area contributed by atoms with Crippen molar-refractivity contribution in [3.05, 3.63) is 0 Å². The van der Waals surface area contributed by atoms with E-state index in [9.17, 15) is 0 Å². The third-order valence-corrected chi connectivity index (χ3v) is 4.47. The van der Waals surface area contributed by atoms with Gasteiger partial charge in [-0.1, -0.05) is 13.3 Å². The van der Waals surface area contributed by atoms with Crippen molar-refractivity contribution in [3.8, 4) is 0 Å². The Kier molecular flexibility index (Phi) is 12.1. The first kappa shape index (κ1) is 15.5. The maximum atomic E-state index is 5.17. The Morgan fingerprint density at radius 3 is 1.38 bits per heavy atom. The molecule has 13 heavy (non-hydrogen) atoms. The van der Waals surface area contributed by atoms with Gasteiger partial charge in [0.05, 0.1) is 0 Å². The minimum absolute atomic E-state index is 0.885. The summed E-state index contributed by atoms with van der Waals surface area (Å²) in [5, 5.41) is 2.75. The van der Waals surface area contributed by atoms with E-state index in [0.29, 0.717) is 0 Å². The first-order valence-corrected chi connectivity index (χ1v) is 6.33. The monoisotopic (exact) mass is 209 g/mol. The Bertz CT molecular complexity index is 91.1. The highest BCUT2D eigenvalue weighted by Gasteiger charge is 2.36. The predicted octanol–water partition coefficient (Wildman–Crippen LogP) is 1.11. The molecule has 5 heteroatoms. The lowest BCUT2D eigenvalue weighted by Gasteiger charge is -2.23. The number of hydrogen-bond donors (Lipinski definition) is 1. The van der Waals surface area contributed by atoms with Crippen LogP contribution in [0.15, 0.2) is 0 Å². The van der Waals surface area contributed by atoms with E-state index in [4.69, 9.17) is 13.3 Å². The van der Waals surface area contributed by atoms with Crippen molar-refractivity contribution < 1.29 is 13.3 Å². The second-order valence-electron chi connectivity index (χ2n) is 2.55. The third-order valence-electron chi connectivity index (χ3n) is 1.49.